The number of nitrogens with one attached hydrogen (secondary N) is 1. The summed E-state index contributed by atoms with van der Waals surface area (Å²) < 4.78 is 0. The van der Waals surface area contributed by atoms with Gasteiger partial charge in [-0.2, -0.15) is 0 Å². The second kappa shape index (κ2) is 8.13. The summed E-state index contributed by atoms with van der Waals surface area (Å²) in [6.45, 7) is 5.69. The van der Waals surface area contributed by atoms with Gasteiger partial charge < -0.3 is 10.2 Å². The van der Waals surface area contributed by atoms with Crippen LogP contribution in [0.25, 0.3) is 0 Å². The molecule has 0 unspecified atom stereocenters. The highest BCUT2D eigenvalue weighted by Gasteiger charge is 2.30. The van der Waals surface area contributed by atoms with E-state index < -0.39 is 5.54 Å². The largest absolute Gasteiger partial charge is 0.371 e. The van der Waals surface area contributed by atoms with E-state index in [-0.39, 0.29) is 11.8 Å². The highest BCUT2D eigenvalue weighted by molar-refractivity contribution is 6.30. The van der Waals surface area contributed by atoms with Gasteiger partial charge in [0.05, 0.1) is 5.54 Å². The number of benzene rings is 2. The minimum Gasteiger partial charge on any atom is -0.371 e. The number of hydrogen-bond donors (Lipinski definition) is 1. The number of hydrogen-bond acceptors (Lipinski definition) is 3. The molecule has 0 bridgehead atoms. The van der Waals surface area contributed by atoms with Crippen LogP contribution in [0.15, 0.2) is 48.5 Å². The second-order valence-corrected chi connectivity index (χ2v) is 8.03. The van der Waals surface area contributed by atoms with Crippen LogP contribution in [-0.2, 0) is 10.3 Å². The van der Waals surface area contributed by atoms with Gasteiger partial charge in [-0.1, -0.05) is 23.7 Å². The lowest BCUT2D eigenvalue weighted by Gasteiger charge is -2.35. The number of aldehydes is 1. The topological polar surface area (TPSA) is 49.4 Å². The SMILES string of the molecule is CC(C)(NC(=O)C1CCN(c2ccc(C=O)cc2)CC1)c1ccc(Cl)cc1. The number of carbonyl (C=O) groups excluding carboxylic acids is 2. The number of carbonyl (C=O) groups is 2. The summed E-state index contributed by atoms with van der Waals surface area (Å²) in [5.74, 6) is 0.118. The van der Waals surface area contributed by atoms with Crippen LogP contribution in [-0.4, -0.2) is 25.3 Å². The van der Waals surface area contributed by atoms with Gasteiger partial charge in [0.1, 0.15) is 6.29 Å². The fourth-order valence-electron chi connectivity index (χ4n) is 3.51. The number of piperidine rings is 1. The quantitative estimate of drug-likeness (QED) is 0.776. The zero-order chi connectivity index (χ0) is 19.4. The van der Waals surface area contributed by atoms with Crippen LogP contribution in [0.3, 0.4) is 0 Å². The van der Waals surface area contributed by atoms with E-state index in [2.05, 4.69) is 10.2 Å². The van der Waals surface area contributed by atoms with Gasteiger partial charge in [0.25, 0.3) is 0 Å². The van der Waals surface area contributed by atoms with Gasteiger partial charge in [0.15, 0.2) is 0 Å². The molecule has 0 aromatic heterocycles. The first-order valence-electron chi connectivity index (χ1n) is 9.27. The van der Waals surface area contributed by atoms with Gasteiger partial charge in [0, 0.05) is 35.3 Å². The molecule has 0 saturated carbocycles. The van der Waals surface area contributed by atoms with Crippen molar-refractivity contribution in [2.75, 3.05) is 18.0 Å². The predicted octanol–water partition coefficient (Wildman–Crippen LogP) is 4.42. The van der Waals surface area contributed by atoms with Gasteiger partial charge in [-0.3, -0.25) is 9.59 Å². The maximum Gasteiger partial charge on any atom is 0.223 e. The third-order valence-electron chi connectivity index (χ3n) is 5.26. The van der Waals surface area contributed by atoms with Crippen molar-refractivity contribution < 1.29 is 9.59 Å². The molecule has 1 heterocycles. The van der Waals surface area contributed by atoms with E-state index in [0.29, 0.717) is 10.6 Å². The summed E-state index contributed by atoms with van der Waals surface area (Å²) in [7, 11) is 0. The van der Waals surface area contributed by atoms with Gasteiger partial charge in [-0.05, 0) is 68.7 Å². The van der Waals surface area contributed by atoms with Crippen molar-refractivity contribution in [3.8, 4) is 0 Å². The Morgan fingerprint density at radius 1 is 1.07 bits per heavy atom. The van der Waals surface area contributed by atoms with Crippen molar-refractivity contribution in [3.63, 3.8) is 0 Å². The van der Waals surface area contributed by atoms with Crippen molar-refractivity contribution in [3.05, 3.63) is 64.7 Å². The minimum absolute atomic E-state index is 0.0158. The molecule has 1 fully saturated rings. The van der Waals surface area contributed by atoms with Crippen molar-refractivity contribution >= 4 is 29.5 Å². The average molecular weight is 385 g/mol. The molecule has 1 amide bonds. The molecule has 0 aliphatic carbocycles. The Labute approximate surface area is 165 Å². The third-order valence-corrected chi connectivity index (χ3v) is 5.51. The number of anilines is 1. The van der Waals surface area contributed by atoms with E-state index in [1.165, 1.54) is 0 Å². The molecule has 0 radical (unpaired) electrons. The van der Waals surface area contributed by atoms with E-state index >= 15 is 0 Å². The summed E-state index contributed by atoms with van der Waals surface area (Å²) in [6.07, 6.45) is 2.48. The molecule has 4 nitrogen and oxygen atoms in total. The first-order chi connectivity index (χ1) is 12.9. The van der Waals surface area contributed by atoms with E-state index in [9.17, 15) is 9.59 Å². The smallest absolute Gasteiger partial charge is 0.223 e. The molecular formula is C22H25ClN2O2. The molecule has 2 aromatic rings. The Bertz CT molecular complexity index is 792. The molecule has 27 heavy (non-hydrogen) atoms. The zero-order valence-electron chi connectivity index (χ0n) is 15.7. The molecule has 1 aliphatic heterocycles. The van der Waals surface area contributed by atoms with Crippen LogP contribution in [0, 0.1) is 5.92 Å². The van der Waals surface area contributed by atoms with Crippen LogP contribution in [0.2, 0.25) is 5.02 Å². The second-order valence-electron chi connectivity index (χ2n) is 7.59. The van der Waals surface area contributed by atoms with Crippen LogP contribution in [0.5, 0.6) is 0 Å². The molecule has 142 valence electrons. The summed E-state index contributed by atoms with van der Waals surface area (Å²) in [5.41, 5.74) is 2.37. The molecule has 3 rings (SSSR count). The van der Waals surface area contributed by atoms with Crippen LogP contribution in [0.1, 0.15) is 42.6 Å². The molecule has 5 heteroatoms. The van der Waals surface area contributed by atoms with Crippen molar-refractivity contribution in [2.24, 2.45) is 5.92 Å². The molecule has 0 atom stereocenters. The summed E-state index contributed by atoms with van der Waals surface area (Å²) in [5, 5.41) is 3.88. The highest BCUT2D eigenvalue weighted by atomic mass is 35.5. The molecule has 1 saturated heterocycles. The van der Waals surface area contributed by atoms with Gasteiger partial charge in [0.2, 0.25) is 5.91 Å². The molecule has 0 spiro atoms. The Hall–Kier alpha value is -2.33. The maximum atomic E-state index is 12.8. The van der Waals surface area contributed by atoms with E-state index in [1.54, 1.807) is 0 Å². The van der Waals surface area contributed by atoms with Gasteiger partial charge in [-0.25, -0.2) is 0 Å². The Morgan fingerprint density at radius 2 is 1.67 bits per heavy atom. The Kier molecular flexibility index (Phi) is 5.85. The van der Waals surface area contributed by atoms with Crippen molar-refractivity contribution in [2.45, 2.75) is 32.2 Å². The van der Waals surface area contributed by atoms with Gasteiger partial charge >= 0.3 is 0 Å². The van der Waals surface area contributed by atoms with Crippen LogP contribution in [0.4, 0.5) is 5.69 Å². The number of nitrogens with zero attached hydrogens (tertiary/aromatic N) is 1. The first kappa shape index (κ1) is 19.4. The number of amides is 1. The lowest BCUT2D eigenvalue weighted by atomic mass is 9.90. The van der Waals surface area contributed by atoms with Crippen molar-refractivity contribution in [1.29, 1.82) is 0 Å². The summed E-state index contributed by atoms with van der Waals surface area (Å²) in [4.78, 5) is 25.8. The fraction of sp³-hybridized carbons (Fsp3) is 0.364. The monoisotopic (exact) mass is 384 g/mol. The molecule has 2 aromatic carbocycles. The van der Waals surface area contributed by atoms with E-state index in [1.807, 2.05) is 62.4 Å². The zero-order valence-corrected chi connectivity index (χ0v) is 16.5. The van der Waals surface area contributed by atoms with E-state index in [0.717, 1.165) is 43.5 Å². The lowest BCUT2D eigenvalue weighted by molar-refractivity contribution is -0.127. The van der Waals surface area contributed by atoms with Crippen LogP contribution >= 0.6 is 11.6 Å². The number of rotatable bonds is 5. The first-order valence-corrected chi connectivity index (χ1v) is 9.65. The Morgan fingerprint density at radius 3 is 2.22 bits per heavy atom. The van der Waals surface area contributed by atoms with Gasteiger partial charge in [-0.15, -0.1) is 0 Å². The summed E-state index contributed by atoms with van der Waals surface area (Å²) in [6, 6.07) is 15.2. The standard InChI is InChI=1S/C22H25ClN2O2/c1-22(2,18-5-7-19(23)8-6-18)24-21(27)17-11-13-25(14-12-17)20-9-3-16(15-26)4-10-20/h3-10,15,17H,11-14H2,1-2H3,(H,24,27). The molecular weight excluding hydrogens is 360 g/mol. The normalized spacial score (nSPS) is 15.4. The highest BCUT2D eigenvalue weighted by Crippen LogP contribution is 2.26. The lowest BCUT2D eigenvalue weighted by Crippen LogP contribution is -2.47. The average Bonchev–Trinajstić information content (AvgIpc) is 2.68. The minimum atomic E-state index is -0.441. The third kappa shape index (κ3) is 4.69. The Balaban J connectivity index is 1.57. The van der Waals surface area contributed by atoms with Crippen LogP contribution < -0.4 is 10.2 Å². The fourth-order valence-corrected chi connectivity index (χ4v) is 3.64. The predicted molar refractivity (Wildman–Crippen MR) is 109 cm³/mol. The molecule has 1 aliphatic rings. The van der Waals surface area contributed by atoms with E-state index in [4.69, 9.17) is 11.6 Å². The maximum absolute atomic E-state index is 12.8. The summed E-state index contributed by atoms with van der Waals surface area (Å²) >= 11 is 5.96. The van der Waals surface area contributed by atoms with Crippen molar-refractivity contribution in [1.82, 2.24) is 5.32 Å². The molecule has 1 N–H and O–H groups in total. The number of halogens is 1.